The third-order valence-corrected chi connectivity index (χ3v) is 11.9. The maximum Gasteiger partial charge on any atom is 0.0101 e. The van der Waals surface area contributed by atoms with Gasteiger partial charge in [0.25, 0.3) is 0 Å². The topological polar surface area (TPSA) is 3.24 Å². The van der Waals surface area contributed by atoms with Crippen molar-refractivity contribution in [3.8, 4) is 0 Å². The molecule has 0 N–H and O–H groups in total. The fraction of sp³-hybridized carbons (Fsp3) is 1.00. The molecule has 0 spiro atoms. The summed E-state index contributed by atoms with van der Waals surface area (Å²) in [5.41, 5.74) is 0.995. The first-order valence-electron chi connectivity index (χ1n) is 14.5. The molecular formula is C30H55NS. The van der Waals surface area contributed by atoms with Gasteiger partial charge in [0.15, 0.2) is 0 Å². The van der Waals surface area contributed by atoms with Gasteiger partial charge in [-0.15, -0.1) is 0 Å². The Labute approximate surface area is 205 Å². The van der Waals surface area contributed by atoms with Gasteiger partial charge in [-0.2, -0.15) is 11.8 Å². The van der Waals surface area contributed by atoms with Gasteiger partial charge in [0, 0.05) is 23.4 Å². The van der Waals surface area contributed by atoms with Gasteiger partial charge >= 0.3 is 0 Å². The highest BCUT2D eigenvalue weighted by molar-refractivity contribution is 8.00. The van der Waals surface area contributed by atoms with Gasteiger partial charge in [-0.3, -0.25) is 4.90 Å². The maximum absolute atomic E-state index is 3.19. The lowest BCUT2D eigenvalue weighted by atomic mass is 9.69. The van der Waals surface area contributed by atoms with Gasteiger partial charge in [0.05, 0.1) is 0 Å². The predicted octanol–water partition coefficient (Wildman–Crippen LogP) is 8.95. The smallest absolute Gasteiger partial charge is 0.0101 e. The first-order chi connectivity index (χ1) is 15.1. The summed E-state index contributed by atoms with van der Waals surface area (Å²) in [5, 5.41) is 1.01. The first kappa shape index (κ1) is 25.4. The third-order valence-electron chi connectivity index (χ3n) is 10.3. The summed E-state index contributed by atoms with van der Waals surface area (Å²) in [7, 11) is 0. The zero-order valence-electron chi connectivity index (χ0n) is 22.5. The molecule has 4 aliphatic rings. The molecule has 1 aliphatic heterocycles. The van der Waals surface area contributed by atoms with E-state index in [1.54, 1.807) is 0 Å². The standard InChI is InChI=1S/C30H55NS/c1-29(2,3)23-11-17-26(18-12-23)31(27-19-13-24(14-20-27)30(4,5)6)25-15-9-22(10-16-25)28-8-7-21-32-28/h22-28H,7-21H2,1-6H3. The summed E-state index contributed by atoms with van der Waals surface area (Å²) in [6.45, 7) is 14.9. The van der Waals surface area contributed by atoms with Crippen LogP contribution < -0.4 is 0 Å². The van der Waals surface area contributed by atoms with E-state index in [4.69, 9.17) is 0 Å². The Morgan fingerprint density at radius 1 is 0.531 bits per heavy atom. The van der Waals surface area contributed by atoms with Crippen molar-refractivity contribution >= 4 is 11.8 Å². The highest BCUT2D eigenvalue weighted by Gasteiger charge is 2.41. The number of rotatable bonds is 4. The van der Waals surface area contributed by atoms with Gasteiger partial charge in [0.1, 0.15) is 0 Å². The van der Waals surface area contributed by atoms with E-state index in [1.165, 1.54) is 95.6 Å². The Morgan fingerprint density at radius 2 is 0.938 bits per heavy atom. The van der Waals surface area contributed by atoms with Crippen LogP contribution in [0.4, 0.5) is 0 Å². The zero-order chi connectivity index (χ0) is 22.9. The number of hydrogen-bond acceptors (Lipinski definition) is 2. The second-order valence-corrected chi connectivity index (χ2v) is 15.7. The Hall–Kier alpha value is 0.310. The molecule has 0 aromatic heterocycles. The maximum atomic E-state index is 3.19. The average molecular weight is 462 g/mol. The van der Waals surface area contributed by atoms with Crippen LogP contribution in [-0.2, 0) is 0 Å². The Morgan fingerprint density at radius 3 is 1.28 bits per heavy atom. The molecule has 3 saturated carbocycles. The fourth-order valence-electron chi connectivity index (χ4n) is 8.12. The van der Waals surface area contributed by atoms with Crippen LogP contribution in [0.3, 0.4) is 0 Å². The van der Waals surface area contributed by atoms with Crippen LogP contribution in [0.15, 0.2) is 0 Å². The van der Waals surface area contributed by atoms with Gasteiger partial charge in [-0.1, -0.05) is 41.5 Å². The highest BCUT2D eigenvalue weighted by Crippen LogP contribution is 2.46. The summed E-state index contributed by atoms with van der Waals surface area (Å²) in [5.74, 6) is 4.35. The van der Waals surface area contributed by atoms with Crippen LogP contribution >= 0.6 is 11.8 Å². The molecule has 0 aromatic carbocycles. The van der Waals surface area contributed by atoms with Crippen molar-refractivity contribution in [2.24, 2.45) is 28.6 Å². The van der Waals surface area contributed by atoms with Crippen LogP contribution in [-0.4, -0.2) is 34.0 Å². The van der Waals surface area contributed by atoms with E-state index < -0.39 is 0 Å². The molecule has 3 aliphatic carbocycles. The number of hydrogen-bond donors (Lipinski definition) is 0. The van der Waals surface area contributed by atoms with Gasteiger partial charge < -0.3 is 0 Å². The molecule has 32 heavy (non-hydrogen) atoms. The molecule has 4 rings (SSSR count). The first-order valence-corrected chi connectivity index (χ1v) is 15.6. The predicted molar refractivity (Wildman–Crippen MR) is 143 cm³/mol. The van der Waals surface area contributed by atoms with Crippen molar-refractivity contribution in [2.45, 2.75) is 155 Å². The lowest BCUT2D eigenvalue weighted by Crippen LogP contribution is -2.53. The highest BCUT2D eigenvalue weighted by atomic mass is 32.2. The molecule has 1 unspecified atom stereocenters. The monoisotopic (exact) mass is 461 g/mol. The Bertz CT molecular complexity index is 523. The Kier molecular flexibility index (Phi) is 8.35. The summed E-state index contributed by atoms with van der Waals surface area (Å²) < 4.78 is 0. The molecule has 0 bridgehead atoms. The van der Waals surface area contributed by atoms with Gasteiger partial charge in [-0.25, -0.2) is 0 Å². The van der Waals surface area contributed by atoms with E-state index in [0.29, 0.717) is 10.8 Å². The molecule has 1 saturated heterocycles. The summed E-state index contributed by atoms with van der Waals surface area (Å²) >= 11 is 2.31. The molecule has 0 radical (unpaired) electrons. The third kappa shape index (κ3) is 6.10. The minimum Gasteiger partial charge on any atom is -0.294 e. The van der Waals surface area contributed by atoms with E-state index in [0.717, 1.165) is 41.1 Å². The van der Waals surface area contributed by atoms with Crippen molar-refractivity contribution < 1.29 is 0 Å². The second-order valence-electron chi connectivity index (χ2n) is 14.3. The minimum absolute atomic E-state index is 0.498. The number of thioether (sulfide) groups is 1. The van der Waals surface area contributed by atoms with Crippen molar-refractivity contribution in [3.63, 3.8) is 0 Å². The van der Waals surface area contributed by atoms with Crippen molar-refractivity contribution in [2.75, 3.05) is 5.75 Å². The molecule has 1 nitrogen and oxygen atoms in total. The van der Waals surface area contributed by atoms with Crippen LogP contribution in [0.2, 0.25) is 0 Å². The molecule has 4 fully saturated rings. The average Bonchev–Trinajstić information content (AvgIpc) is 3.29. The van der Waals surface area contributed by atoms with E-state index >= 15 is 0 Å². The lowest BCUT2D eigenvalue weighted by molar-refractivity contribution is -0.0112. The second kappa shape index (κ2) is 10.5. The number of nitrogens with zero attached hydrogens (tertiary/aromatic N) is 1. The van der Waals surface area contributed by atoms with Gasteiger partial charge in [0.2, 0.25) is 0 Å². The molecular weight excluding hydrogens is 406 g/mol. The van der Waals surface area contributed by atoms with E-state index in [1.807, 2.05) is 0 Å². The lowest BCUT2D eigenvalue weighted by Gasteiger charge is -2.51. The van der Waals surface area contributed by atoms with Crippen molar-refractivity contribution in [1.29, 1.82) is 0 Å². The largest absolute Gasteiger partial charge is 0.294 e. The Balaban J connectivity index is 1.41. The molecule has 186 valence electrons. The van der Waals surface area contributed by atoms with E-state index in [9.17, 15) is 0 Å². The summed E-state index contributed by atoms with van der Waals surface area (Å²) in [4.78, 5) is 3.19. The normalized spacial score (nSPS) is 40.0. The molecule has 1 heterocycles. The van der Waals surface area contributed by atoms with Crippen molar-refractivity contribution in [1.82, 2.24) is 4.90 Å². The van der Waals surface area contributed by atoms with Crippen molar-refractivity contribution in [3.05, 3.63) is 0 Å². The molecule has 0 amide bonds. The SMILES string of the molecule is CC(C)(C)C1CCC(N(C2CCC(C3CCCS3)CC2)C2CCC(C(C)(C)C)CC2)CC1. The zero-order valence-corrected chi connectivity index (χ0v) is 23.3. The summed E-state index contributed by atoms with van der Waals surface area (Å²) in [6, 6.07) is 2.66. The van der Waals surface area contributed by atoms with Crippen LogP contribution in [0.25, 0.3) is 0 Å². The quantitative estimate of drug-likeness (QED) is 0.411. The minimum atomic E-state index is 0.498. The fourth-order valence-corrected chi connectivity index (χ4v) is 9.63. The van der Waals surface area contributed by atoms with Crippen LogP contribution in [0.1, 0.15) is 131 Å². The summed E-state index contributed by atoms with van der Waals surface area (Å²) in [6.07, 6.45) is 20.8. The molecule has 1 atom stereocenters. The van der Waals surface area contributed by atoms with E-state index in [2.05, 4.69) is 58.2 Å². The van der Waals surface area contributed by atoms with Gasteiger partial charge in [-0.05, 0) is 124 Å². The van der Waals surface area contributed by atoms with E-state index in [-0.39, 0.29) is 0 Å². The molecule has 0 aromatic rings. The molecule has 2 heteroatoms. The van der Waals surface area contributed by atoms with Crippen LogP contribution in [0.5, 0.6) is 0 Å². The van der Waals surface area contributed by atoms with Crippen LogP contribution in [0, 0.1) is 28.6 Å².